The van der Waals surface area contributed by atoms with Gasteiger partial charge in [-0.3, -0.25) is 0 Å². The van der Waals surface area contributed by atoms with Gasteiger partial charge in [0, 0.05) is 18.6 Å². The van der Waals surface area contributed by atoms with Crippen molar-refractivity contribution < 1.29 is 8.42 Å². The monoisotopic (exact) mass is 291 g/mol. The predicted molar refractivity (Wildman–Crippen MR) is 79.8 cm³/mol. The van der Waals surface area contributed by atoms with Crippen LogP contribution in [0, 0.1) is 0 Å². The fourth-order valence-corrected chi connectivity index (χ4v) is 3.75. The lowest BCUT2D eigenvalue weighted by Crippen LogP contribution is -2.48. The topological polar surface area (TPSA) is 61.4 Å². The highest BCUT2D eigenvalue weighted by Gasteiger charge is 2.22. The minimum Gasteiger partial charge on any atom is -0.314 e. The molecule has 6 heteroatoms. The summed E-state index contributed by atoms with van der Waals surface area (Å²) >= 11 is 0. The maximum atomic E-state index is 12.0. The van der Waals surface area contributed by atoms with E-state index in [2.05, 4.69) is 35.7 Å². The van der Waals surface area contributed by atoms with Crippen molar-refractivity contribution in [2.24, 2.45) is 0 Å². The molecule has 0 bridgehead atoms. The van der Waals surface area contributed by atoms with E-state index >= 15 is 0 Å². The lowest BCUT2D eigenvalue weighted by Gasteiger charge is -2.32. The number of hydrogen-bond donors (Lipinski definition) is 2. The smallest absolute Gasteiger partial charge is 0.211 e. The molecule has 1 rings (SSSR count). The van der Waals surface area contributed by atoms with Crippen LogP contribution in [0.3, 0.4) is 0 Å². The van der Waals surface area contributed by atoms with Crippen LogP contribution in [0.2, 0.25) is 0 Å². The van der Waals surface area contributed by atoms with Crippen molar-refractivity contribution >= 4 is 10.0 Å². The Labute approximate surface area is 118 Å². The minimum atomic E-state index is -3.13. The Morgan fingerprint density at radius 2 is 2.11 bits per heavy atom. The van der Waals surface area contributed by atoms with Crippen LogP contribution in [0.5, 0.6) is 0 Å². The molecule has 1 saturated heterocycles. The zero-order chi connectivity index (χ0) is 14.3. The van der Waals surface area contributed by atoms with Crippen molar-refractivity contribution in [2.75, 3.05) is 31.9 Å². The van der Waals surface area contributed by atoms with Gasteiger partial charge in [0.2, 0.25) is 10.0 Å². The summed E-state index contributed by atoms with van der Waals surface area (Å²) in [5, 5.41) is 3.24. The Kier molecular flexibility index (Phi) is 7.28. The number of nitrogens with zero attached hydrogens (tertiary/aromatic N) is 1. The number of likely N-dealkylation sites (tertiary alicyclic amines) is 1. The van der Waals surface area contributed by atoms with Gasteiger partial charge in [-0.1, -0.05) is 20.8 Å². The standard InChI is InChI=1S/C13H29N3O2S/c1-4-16-9-5-7-13(11-16)15-19(17,18)10-6-8-14-12(2)3/h12-15H,4-11H2,1-3H3. The maximum absolute atomic E-state index is 12.0. The van der Waals surface area contributed by atoms with E-state index < -0.39 is 10.0 Å². The number of hydrogen-bond acceptors (Lipinski definition) is 4. The Bertz CT molecular complexity index is 344. The number of sulfonamides is 1. The normalized spacial score (nSPS) is 22.0. The summed E-state index contributed by atoms with van der Waals surface area (Å²) in [5.74, 6) is 0.218. The molecule has 1 fully saturated rings. The van der Waals surface area contributed by atoms with Crippen LogP contribution in [-0.2, 0) is 10.0 Å². The fourth-order valence-electron chi connectivity index (χ4n) is 2.40. The number of likely N-dealkylation sites (N-methyl/N-ethyl adjacent to an activating group) is 1. The number of nitrogens with one attached hydrogen (secondary N) is 2. The largest absolute Gasteiger partial charge is 0.314 e. The molecule has 2 N–H and O–H groups in total. The Morgan fingerprint density at radius 1 is 1.37 bits per heavy atom. The summed E-state index contributed by atoms with van der Waals surface area (Å²) in [6.07, 6.45) is 2.70. The van der Waals surface area contributed by atoms with Crippen LogP contribution >= 0.6 is 0 Å². The Balaban J connectivity index is 2.29. The molecule has 0 amide bonds. The number of rotatable bonds is 8. The van der Waals surface area contributed by atoms with Crippen molar-refractivity contribution in [3.8, 4) is 0 Å². The first-order chi connectivity index (χ1) is 8.93. The molecule has 0 spiro atoms. The first-order valence-corrected chi connectivity index (χ1v) is 9.04. The summed E-state index contributed by atoms with van der Waals surface area (Å²) in [7, 11) is -3.13. The van der Waals surface area contributed by atoms with Crippen LogP contribution in [0.1, 0.15) is 40.0 Å². The third kappa shape index (κ3) is 7.25. The van der Waals surface area contributed by atoms with E-state index in [4.69, 9.17) is 0 Å². The maximum Gasteiger partial charge on any atom is 0.211 e. The molecular weight excluding hydrogens is 262 g/mol. The molecule has 0 aliphatic carbocycles. The van der Waals surface area contributed by atoms with Gasteiger partial charge in [-0.25, -0.2) is 13.1 Å². The molecule has 1 aliphatic heterocycles. The molecule has 0 saturated carbocycles. The summed E-state index contributed by atoms with van der Waals surface area (Å²) in [6.45, 7) is 9.94. The first kappa shape index (κ1) is 16.9. The Morgan fingerprint density at radius 3 is 2.74 bits per heavy atom. The predicted octanol–water partition coefficient (Wildman–Crippen LogP) is 0.778. The van der Waals surface area contributed by atoms with Crippen LogP contribution in [0.15, 0.2) is 0 Å². The molecule has 19 heavy (non-hydrogen) atoms. The third-order valence-electron chi connectivity index (χ3n) is 3.44. The average Bonchev–Trinajstić information content (AvgIpc) is 2.34. The minimum absolute atomic E-state index is 0.0942. The van der Waals surface area contributed by atoms with Crippen molar-refractivity contribution in [1.29, 1.82) is 0 Å². The zero-order valence-corrected chi connectivity index (χ0v) is 13.3. The van der Waals surface area contributed by atoms with Crippen molar-refractivity contribution in [2.45, 2.75) is 52.1 Å². The van der Waals surface area contributed by atoms with E-state index in [-0.39, 0.29) is 11.8 Å². The first-order valence-electron chi connectivity index (χ1n) is 7.38. The van der Waals surface area contributed by atoms with Gasteiger partial charge >= 0.3 is 0 Å². The second kappa shape index (κ2) is 8.19. The molecule has 0 aromatic heterocycles. The summed E-state index contributed by atoms with van der Waals surface area (Å²) in [5.41, 5.74) is 0. The van der Waals surface area contributed by atoms with E-state index in [1.165, 1.54) is 0 Å². The van der Waals surface area contributed by atoms with Gasteiger partial charge < -0.3 is 10.2 Å². The van der Waals surface area contributed by atoms with E-state index in [1.54, 1.807) is 0 Å². The van der Waals surface area contributed by atoms with Crippen molar-refractivity contribution in [3.05, 3.63) is 0 Å². The van der Waals surface area contributed by atoms with Gasteiger partial charge in [0.1, 0.15) is 0 Å². The van der Waals surface area contributed by atoms with Crippen LogP contribution in [-0.4, -0.2) is 57.3 Å². The molecule has 0 radical (unpaired) electrons. The molecule has 1 heterocycles. The summed E-state index contributed by atoms with van der Waals surface area (Å²) < 4.78 is 26.8. The summed E-state index contributed by atoms with van der Waals surface area (Å²) in [4.78, 5) is 2.30. The highest BCUT2D eigenvalue weighted by molar-refractivity contribution is 7.89. The lowest BCUT2D eigenvalue weighted by atomic mass is 10.1. The van der Waals surface area contributed by atoms with E-state index in [0.717, 1.165) is 39.0 Å². The molecule has 1 atom stereocenters. The zero-order valence-electron chi connectivity index (χ0n) is 12.5. The molecule has 1 aliphatic rings. The molecule has 5 nitrogen and oxygen atoms in total. The van der Waals surface area contributed by atoms with Gasteiger partial charge in [0.05, 0.1) is 5.75 Å². The average molecular weight is 291 g/mol. The van der Waals surface area contributed by atoms with Gasteiger partial charge in [0.25, 0.3) is 0 Å². The highest BCUT2D eigenvalue weighted by Crippen LogP contribution is 2.10. The Hall–Kier alpha value is -0.170. The van der Waals surface area contributed by atoms with Gasteiger partial charge in [0.15, 0.2) is 0 Å². The number of piperidine rings is 1. The van der Waals surface area contributed by atoms with Gasteiger partial charge in [-0.15, -0.1) is 0 Å². The van der Waals surface area contributed by atoms with E-state index in [0.29, 0.717) is 12.5 Å². The van der Waals surface area contributed by atoms with Crippen LogP contribution in [0.4, 0.5) is 0 Å². The van der Waals surface area contributed by atoms with Crippen molar-refractivity contribution in [1.82, 2.24) is 14.9 Å². The molecule has 114 valence electrons. The summed E-state index contributed by atoms with van der Waals surface area (Å²) in [6, 6.07) is 0.504. The second-order valence-electron chi connectivity index (χ2n) is 5.63. The van der Waals surface area contributed by atoms with Crippen LogP contribution < -0.4 is 10.0 Å². The molecule has 0 aromatic carbocycles. The fraction of sp³-hybridized carbons (Fsp3) is 1.00. The van der Waals surface area contributed by atoms with Crippen LogP contribution in [0.25, 0.3) is 0 Å². The van der Waals surface area contributed by atoms with Crippen molar-refractivity contribution in [3.63, 3.8) is 0 Å². The quantitative estimate of drug-likeness (QED) is 0.649. The third-order valence-corrected chi connectivity index (χ3v) is 4.96. The van der Waals surface area contributed by atoms with Gasteiger partial charge in [-0.05, 0) is 38.9 Å². The molecule has 1 unspecified atom stereocenters. The van der Waals surface area contributed by atoms with Gasteiger partial charge in [-0.2, -0.15) is 0 Å². The SMILES string of the molecule is CCN1CCCC(NS(=O)(=O)CCCNC(C)C)C1. The highest BCUT2D eigenvalue weighted by atomic mass is 32.2. The van der Waals surface area contributed by atoms with E-state index in [9.17, 15) is 8.42 Å². The molecular formula is C13H29N3O2S. The molecule has 0 aromatic rings. The second-order valence-corrected chi connectivity index (χ2v) is 7.50. The lowest BCUT2D eigenvalue weighted by molar-refractivity contribution is 0.211. The van der Waals surface area contributed by atoms with E-state index in [1.807, 2.05) is 0 Å².